The van der Waals surface area contributed by atoms with Crippen LogP contribution < -0.4 is 0 Å². The predicted molar refractivity (Wildman–Crippen MR) is 93.6 cm³/mol. The summed E-state index contributed by atoms with van der Waals surface area (Å²) >= 11 is 11.4. The van der Waals surface area contributed by atoms with Gasteiger partial charge in [-0.3, -0.25) is 4.79 Å². The van der Waals surface area contributed by atoms with Crippen molar-refractivity contribution in [1.82, 2.24) is 4.90 Å². The Hall–Kier alpha value is -0.910. The summed E-state index contributed by atoms with van der Waals surface area (Å²) in [5.74, 6) is 1.87. The average molecular weight is 401 g/mol. The van der Waals surface area contributed by atoms with Gasteiger partial charge in [-0.15, -0.1) is 11.8 Å². The molecule has 0 saturated carbocycles. The van der Waals surface area contributed by atoms with Gasteiger partial charge < -0.3 is 9.32 Å². The molecule has 116 valence electrons. The molecule has 0 bridgehead atoms. The summed E-state index contributed by atoms with van der Waals surface area (Å²) < 4.78 is 6.35. The van der Waals surface area contributed by atoms with E-state index in [0.29, 0.717) is 22.4 Å². The van der Waals surface area contributed by atoms with E-state index in [4.69, 9.17) is 16.0 Å². The summed E-state index contributed by atoms with van der Waals surface area (Å²) in [7, 11) is 0. The zero-order valence-electron chi connectivity index (χ0n) is 11.8. The van der Waals surface area contributed by atoms with E-state index in [-0.39, 0.29) is 5.91 Å². The molecule has 1 amide bonds. The van der Waals surface area contributed by atoms with Gasteiger partial charge in [-0.05, 0) is 36.8 Å². The van der Waals surface area contributed by atoms with Crippen molar-refractivity contribution >= 4 is 45.2 Å². The van der Waals surface area contributed by atoms with Crippen molar-refractivity contribution in [3.8, 4) is 0 Å². The number of thioether (sulfide) groups is 1. The molecule has 6 heteroatoms. The fourth-order valence-corrected chi connectivity index (χ4v) is 4.25. The molecule has 0 aliphatic carbocycles. The molecule has 0 spiro atoms. The lowest BCUT2D eigenvalue weighted by molar-refractivity contribution is 0.0766. The second kappa shape index (κ2) is 7.11. The van der Waals surface area contributed by atoms with Crippen LogP contribution in [0.4, 0.5) is 0 Å². The number of nitrogens with zero attached hydrogens (tertiary/aromatic N) is 1. The lowest BCUT2D eigenvalue weighted by Crippen LogP contribution is -2.33. The average Bonchev–Trinajstić information content (AvgIpc) is 2.94. The third-order valence-corrected chi connectivity index (χ3v) is 5.76. The molecule has 1 fully saturated rings. The number of rotatable bonds is 2. The minimum atomic E-state index is -0.00741. The Balaban J connectivity index is 1.73. The Labute approximate surface area is 147 Å². The summed E-state index contributed by atoms with van der Waals surface area (Å²) in [5.41, 5.74) is 0.553. The number of amides is 1. The highest BCUT2D eigenvalue weighted by atomic mass is 79.9. The topological polar surface area (TPSA) is 33.5 Å². The molecule has 22 heavy (non-hydrogen) atoms. The van der Waals surface area contributed by atoms with Crippen LogP contribution in [0, 0.1) is 0 Å². The third kappa shape index (κ3) is 3.53. The normalized spacial score (nSPS) is 19.0. The minimum Gasteiger partial charge on any atom is -0.468 e. The van der Waals surface area contributed by atoms with Crippen LogP contribution in [0.15, 0.2) is 45.5 Å². The summed E-state index contributed by atoms with van der Waals surface area (Å²) in [6, 6.07) is 9.28. The maximum absolute atomic E-state index is 12.7. The third-order valence-electron chi connectivity index (χ3n) is 3.65. The van der Waals surface area contributed by atoms with Gasteiger partial charge in [0.2, 0.25) is 0 Å². The molecule has 1 aliphatic rings. The molecule has 3 nitrogen and oxygen atoms in total. The van der Waals surface area contributed by atoms with E-state index in [0.717, 1.165) is 29.0 Å². The molecule has 0 N–H and O–H groups in total. The van der Waals surface area contributed by atoms with Gasteiger partial charge in [0, 0.05) is 23.3 Å². The molecule has 2 heterocycles. The zero-order chi connectivity index (χ0) is 15.5. The van der Waals surface area contributed by atoms with E-state index < -0.39 is 0 Å². The summed E-state index contributed by atoms with van der Waals surface area (Å²) in [4.78, 5) is 14.6. The van der Waals surface area contributed by atoms with Gasteiger partial charge in [-0.25, -0.2) is 0 Å². The highest BCUT2D eigenvalue weighted by molar-refractivity contribution is 9.10. The first kappa shape index (κ1) is 16.0. The number of benzene rings is 1. The summed E-state index contributed by atoms with van der Waals surface area (Å²) in [6.45, 7) is 1.43. The van der Waals surface area contributed by atoms with Crippen LogP contribution in [-0.4, -0.2) is 29.6 Å². The van der Waals surface area contributed by atoms with Gasteiger partial charge in [-0.2, -0.15) is 0 Å². The second-order valence-electron chi connectivity index (χ2n) is 5.08. The van der Waals surface area contributed by atoms with Crippen LogP contribution in [0.1, 0.15) is 27.8 Å². The van der Waals surface area contributed by atoms with Crippen molar-refractivity contribution in [2.75, 3.05) is 18.8 Å². The molecule has 2 aromatic rings. The smallest absolute Gasteiger partial charge is 0.255 e. The zero-order valence-corrected chi connectivity index (χ0v) is 15.0. The van der Waals surface area contributed by atoms with Crippen molar-refractivity contribution < 1.29 is 9.21 Å². The Kier molecular flexibility index (Phi) is 5.16. The molecular formula is C16H15BrClNO2S. The fraction of sp³-hybridized carbons (Fsp3) is 0.312. The van der Waals surface area contributed by atoms with Gasteiger partial charge in [0.1, 0.15) is 5.76 Å². The molecule has 1 aromatic carbocycles. The van der Waals surface area contributed by atoms with Gasteiger partial charge in [0.15, 0.2) is 0 Å². The van der Waals surface area contributed by atoms with Crippen molar-refractivity contribution in [2.45, 2.75) is 11.7 Å². The van der Waals surface area contributed by atoms with Gasteiger partial charge in [0.05, 0.1) is 22.1 Å². The number of hydrogen-bond donors (Lipinski definition) is 0. The molecule has 1 saturated heterocycles. The van der Waals surface area contributed by atoms with Crippen LogP contribution in [0.2, 0.25) is 5.02 Å². The maximum atomic E-state index is 12.7. The van der Waals surface area contributed by atoms with E-state index in [1.54, 1.807) is 18.4 Å². The highest BCUT2D eigenvalue weighted by Gasteiger charge is 2.25. The lowest BCUT2D eigenvalue weighted by atomic mass is 10.1. The number of furan rings is 1. The van der Waals surface area contributed by atoms with Gasteiger partial charge >= 0.3 is 0 Å². The van der Waals surface area contributed by atoms with Crippen LogP contribution in [0.3, 0.4) is 0 Å². The molecule has 1 atom stereocenters. The molecule has 1 aromatic heterocycles. The molecule has 3 rings (SSSR count). The largest absolute Gasteiger partial charge is 0.468 e. The Morgan fingerprint density at radius 2 is 2.23 bits per heavy atom. The number of carbonyl (C=O) groups is 1. The van der Waals surface area contributed by atoms with E-state index in [9.17, 15) is 4.79 Å². The van der Waals surface area contributed by atoms with Crippen LogP contribution >= 0.6 is 39.3 Å². The highest BCUT2D eigenvalue weighted by Crippen LogP contribution is 2.35. The molecular weight excluding hydrogens is 386 g/mol. The van der Waals surface area contributed by atoms with E-state index in [1.165, 1.54) is 0 Å². The SMILES string of the molecule is O=C(c1cc(Br)ccc1Cl)N1CCSC(c2ccco2)CC1. The van der Waals surface area contributed by atoms with Crippen molar-refractivity contribution in [2.24, 2.45) is 0 Å². The number of hydrogen-bond acceptors (Lipinski definition) is 3. The van der Waals surface area contributed by atoms with Crippen molar-refractivity contribution in [3.63, 3.8) is 0 Å². The summed E-state index contributed by atoms with van der Waals surface area (Å²) in [5, 5.41) is 0.804. The quantitative estimate of drug-likeness (QED) is 0.710. The first-order valence-corrected chi connectivity index (χ1v) is 9.26. The molecule has 1 aliphatic heterocycles. The lowest BCUT2D eigenvalue weighted by Gasteiger charge is -2.21. The van der Waals surface area contributed by atoms with Crippen LogP contribution in [0.25, 0.3) is 0 Å². The minimum absolute atomic E-state index is 0.00741. The van der Waals surface area contributed by atoms with Gasteiger partial charge in [-0.1, -0.05) is 27.5 Å². The van der Waals surface area contributed by atoms with Crippen molar-refractivity contribution in [3.05, 3.63) is 57.4 Å². The fourth-order valence-electron chi connectivity index (χ4n) is 2.51. The van der Waals surface area contributed by atoms with Crippen LogP contribution in [-0.2, 0) is 0 Å². The number of carbonyl (C=O) groups excluding carboxylic acids is 1. The Morgan fingerprint density at radius 3 is 3.00 bits per heavy atom. The molecule has 0 radical (unpaired) electrons. The number of halogens is 2. The molecule has 1 unspecified atom stereocenters. The van der Waals surface area contributed by atoms with Crippen LogP contribution in [0.5, 0.6) is 0 Å². The monoisotopic (exact) mass is 399 g/mol. The van der Waals surface area contributed by atoms with E-state index >= 15 is 0 Å². The Morgan fingerprint density at radius 1 is 1.36 bits per heavy atom. The van der Waals surface area contributed by atoms with Crippen molar-refractivity contribution in [1.29, 1.82) is 0 Å². The van der Waals surface area contributed by atoms with E-state index in [1.807, 2.05) is 34.9 Å². The first-order chi connectivity index (χ1) is 10.6. The first-order valence-electron chi connectivity index (χ1n) is 7.04. The van der Waals surface area contributed by atoms with E-state index in [2.05, 4.69) is 15.9 Å². The van der Waals surface area contributed by atoms with Gasteiger partial charge in [0.25, 0.3) is 5.91 Å². The summed E-state index contributed by atoms with van der Waals surface area (Å²) in [6.07, 6.45) is 2.58. The maximum Gasteiger partial charge on any atom is 0.255 e. The standard InChI is InChI=1S/C16H15BrClNO2S/c17-11-3-4-13(18)12(10-11)16(20)19-6-5-15(22-9-7-19)14-2-1-8-21-14/h1-4,8,10,15H,5-7,9H2. The predicted octanol–water partition coefficient (Wildman–Crippen LogP) is 5.02. The Bertz CT molecular complexity index is 662. The second-order valence-corrected chi connectivity index (χ2v) is 7.71.